The molecule has 4 heterocycles. The van der Waals surface area contributed by atoms with Crippen molar-refractivity contribution in [3.05, 3.63) is 29.7 Å². The van der Waals surface area contributed by atoms with Crippen LogP contribution in [-0.4, -0.2) is 89.0 Å². The number of carbonyl (C=O) groups excluding carboxylic acids is 1. The molecular formula is C19H26N6O2. The zero-order valence-electron chi connectivity index (χ0n) is 15.9. The van der Waals surface area contributed by atoms with Crippen LogP contribution in [0.25, 0.3) is 11.4 Å². The van der Waals surface area contributed by atoms with E-state index in [4.69, 9.17) is 9.72 Å². The minimum Gasteiger partial charge on any atom is -0.481 e. The first-order valence-corrected chi connectivity index (χ1v) is 9.39. The van der Waals surface area contributed by atoms with E-state index in [-0.39, 0.29) is 5.91 Å². The zero-order chi connectivity index (χ0) is 18.8. The second-order valence-electron chi connectivity index (χ2n) is 7.24. The minimum atomic E-state index is 0.227. The molecule has 1 amide bonds. The van der Waals surface area contributed by atoms with Crippen molar-refractivity contribution in [2.75, 3.05) is 53.4 Å². The summed E-state index contributed by atoms with van der Waals surface area (Å²) < 4.78 is 5.11. The molecule has 0 unspecified atom stereocenters. The number of hydrogen-bond acceptors (Lipinski definition) is 6. The number of aromatic amines is 1. The SMILES string of the molecule is COc1ccc(-c2nc3c([nH]2)CN(CC(=O)N2CCN(C)CC2)CC3)cn1. The molecule has 0 saturated carbocycles. The van der Waals surface area contributed by atoms with Gasteiger partial charge >= 0.3 is 0 Å². The van der Waals surface area contributed by atoms with E-state index in [0.29, 0.717) is 12.4 Å². The first-order valence-electron chi connectivity index (χ1n) is 9.39. The average Bonchev–Trinajstić information content (AvgIpc) is 3.12. The van der Waals surface area contributed by atoms with Gasteiger partial charge in [0, 0.05) is 63.5 Å². The fourth-order valence-electron chi connectivity index (χ4n) is 3.61. The lowest BCUT2D eigenvalue weighted by atomic mass is 10.1. The van der Waals surface area contributed by atoms with Crippen LogP contribution in [0.3, 0.4) is 0 Å². The molecule has 0 spiro atoms. The van der Waals surface area contributed by atoms with Crippen LogP contribution in [0.15, 0.2) is 18.3 Å². The van der Waals surface area contributed by atoms with Crippen LogP contribution >= 0.6 is 0 Å². The largest absolute Gasteiger partial charge is 0.481 e. The number of likely N-dealkylation sites (N-methyl/N-ethyl adjacent to an activating group) is 1. The van der Waals surface area contributed by atoms with Gasteiger partial charge in [0.25, 0.3) is 0 Å². The zero-order valence-corrected chi connectivity index (χ0v) is 15.9. The summed E-state index contributed by atoms with van der Waals surface area (Å²) in [5, 5.41) is 0. The van der Waals surface area contributed by atoms with Crippen molar-refractivity contribution in [2.24, 2.45) is 0 Å². The van der Waals surface area contributed by atoms with Gasteiger partial charge in [-0.1, -0.05) is 0 Å². The number of pyridine rings is 1. The number of imidazole rings is 1. The number of ether oxygens (including phenoxy) is 1. The van der Waals surface area contributed by atoms with Crippen molar-refractivity contribution < 1.29 is 9.53 Å². The number of hydrogen-bond donors (Lipinski definition) is 1. The third kappa shape index (κ3) is 3.96. The van der Waals surface area contributed by atoms with Crippen molar-refractivity contribution in [3.63, 3.8) is 0 Å². The van der Waals surface area contributed by atoms with E-state index < -0.39 is 0 Å². The van der Waals surface area contributed by atoms with Crippen LogP contribution in [0.1, 0.15) is 11.4 Å². The molecule has 0 aliphatic carbocycles. The van der Waals surface area contributed by atoms with Crippen LogP contribution in [0.2, 0.25) is 0 Å². The van der Waals surface area contributed by atoms with Crippen LogP contribution < -0.4 is 4.74 Å². The van der Waals surface area contributed by atoms with Crippen molar-refractivity contribution >= 4 is 5.91 Å². The highest BCUT2D eigenvalue weighted by atomic mass is 16.5. The molecule has 2 aliphatic rings. The normalized spacial score (nSPS) is 18.4. The lowest BCUT2D eigenvalue weighted by Crippen LogP contribution is -2.50. The molecule has 0 bridgehead atoms. The van der Waals surface area contributed by atoms with E-state index in [0.717, 1.165) is 68.5 Å². The van der Waals surface area contributed by atoms with Crippen molar-refractivity contribution in [1.82, 2.24) is 29.7 Å². The first-order chi connectivity index (χ1) is 13.1. The number of nitrogens with one attached hydrogen (secondary N) is 1. The first kappa shape index (κ1) is 17.9. The van der Waals surface area contributed by atoms with E-state index in [1.165, 1.54) is 0 Å². The highest BCUT2D eigenvalue weighted by molar-refractivity contribution is 5.78. The van der Waals surface area contributed by atoms with Gasteiger partial charge < -0.3 is 19.5 Å². The number of methoxy groups -OCH3 is 1. The fourth-order valence-corrected chi connectivity index (χ4v) is 3.61. The molecule has 2 aromatic heterocycles. The molecule has 1 saturated heterocycles. The molecule has 144 valence electrons. The summed E-state index contributed by atoms with van der Waals surface area (Å²) in [5.74, 6) is 1.64. The van der Waals surface area contributed by atoms with Crippen molar-refractivity contribution in [2.45, 2.75) is 13.0 Å². The summed E-state index contributed by atoms with van der Waals surface area (Å²) in [7, 11) is 3.70. The van der Waals surface area contributed by atoms with E-state index in [1.54, 1.807) is 13.3 Å². The summed E-state index contributed by atoms with van der Waals surface area (Å²) in [5.41, 5.74) is 3.12. The maximum atomic E-state index is 12.6. The lowest BCUT2D eigenvalue weighted by Gasteiger charge is -2.34. The van der Waals surface area contributed by atoms with Gasteiger partial charge in [0.2, 0.25) is 11.8 Å². The Hall–Kier alpha value is -2.45. The molecule has 0 atom stereocenters. The maximum absolute atomic E-state index is 12.6. The molecule has 8 nitrogen and oxygen atoms in total. The Balaban J connectivity index is 1.39. The molecule has 0 aromatic carbocycles. The molecule has 2 aliphatic heterocycles. The van der Waals surface area contributed by atoms with Crippen LogP contribution in [0, 0.1) is 0 Å². The van der Waals surface area contributed by atoms with E-state index in [2.05, 4.69) is 26.8 Å². The number of carbonyl (C=O) groups is 1. The number of amides is 1. The Morgan fingerprint density at radius 2 is 2.04 bits per heavy atom. The number of H-pyrrole nitrogens is 1. The van der Waals surface area contributed by atoms with Gasteiger partial charge in [-0.2, -0.15) is 0 Å². The molecule has 0 radical (unpaired) electrons. The third-order valence-corrected chi connectivity index (χ3v) is 5.34. The molecule has 4 rings (SSSR count). The standard InChI is InChI=1S/C19H26N6O2/c1-23-7-9-25(10-8-23)18(26)13-24-6-5-15-16(12-24)22-19(21-15)14-3-4-17(27-2)20-11-14/h3-4,11H,5-10,12-13H2,1-2H3,(H,21,22). The predicted octanol–water partition coefficient (Wildman–Crippen LogP) is 0.612. The maximum Gasteiger partial charge on any atom is 0.236 e. The van der Waals surface area contributed by atoms with Crippen molar-refractivity contribution in [3.8, 4) is 17.3 Å². The Bertz CT molecular complexity index is 795. The second kappa shape index (κ2) is 7.66. The number of piperazine rings is 1. The average molecular weight is 370 g/mol. The summed E-state index contributed by atoms with van der Waals surface area (Å²) in [6.45, 7) is 5.62. The number of nitrogens with zero attached hydrogens (tertiary/aromatic N) is 5. The summed E-state index contributed by atoms with van der Waals surface area (Å²) in [6.07, 6.45) is 2.61. The van der Waals surface area contributed by atoms with E-state index in [9.17, 15) is 4.79 Å². The van der Waals surface area contributed by atoms with Crippen molar-refractivity contribution in [1.29, 1.82) is 0 Å². The molecule has 1 fully saturated rings. The highest BCUT2D eigenvalue weighted by Gasteiger charge is 2.25. The van der Waals surface area contributed by atoms with Gasteiger partial charge in [0.15, 0.2) is 0 Å². The van der Waals surface area contributed by atoms with Gasteiger partial charge in [-0.15, -0.1) is 0 Å². The van der Waals surface area contributed by atoms with Gasteiger partial charge in [-0.05, 0) is 13.1 Å². The molecule has 1 N–H and O–H groups in total. The van der Waals surface area contributed by atoms with Crippen LogP contribution in [0.4, 0.5) is 0 Å². The Labute approximate surface area is 159 Å². The summed E-state index contributed by atoms with van der Waals surface area (Å²) in [4.78, 5) is 31.4. The molecular weight excluding hydrogens is 344 g/mol. The molecule has 27 heavy (non-hydrogen) atoms. The van der Waals surface area contributed by atoms with E-state index >= 15 is 0 Å². The van der Waals surface area contributed by atoms with Gasteiger partial charge in [0.05, 0.1) is 25.0 Å². The molecule has 8 heteroatoms. The van der Waals surface area contributed by atoms with Gasteiger partial charge in [0.1, 0.15) is 5.82 Å². The minimum absolute atomic E-state index is 0.227. The quantitative estimate of drug-likeness (QED) is 0.850. The lowest BCUT2D eigenvalue weighted by molar-refractivity contribution is -0.134. The number of aromatic nitrogens is 3. The summed E-state index contributed by atoms with van der Waals surface area (Å²) >= 11 is 0. The monoisotopic (exact) mass is 370 g/mol. The topological polar surface area (TPSA) is 77.6 Å². The predicted molar refractivity (Wildman–Crippen MR) is 101 cm³/mol. The third-order valence-electron chi connectivity index (χ3n) is 5.34. The van der Waals surface area contributed by atoms with Crippen LogP contribution in [0.5, 0.6) is 5.88 Å². The van der Waals surface area contributed by atoms with Gasteiger partial charge in [-0.3, -0.25) is 9.69 Å². The van der Waals surface area contributed by atoms with Crippen LogP contribution in [-0.2, 0) is 17.8 Å². The number of rotatable bonds is 4. The van der Waals surface area contributed by atoms with E-state index in [1.807, 2.05) is 17.0 Å². The van der Waals surface area contributed by atoms with Gasteiger partial charge in [-0.25, -0.2) is 9.97 Å². The molecule has 2 aromatic rings. The Morgan fingerprint density at radius 1 is 1.22 bits per heavy atom. The second-order valence-corrected chi connectivity index (χ2v) is 7.24. The fraction of sp³-hybridized carbons (Fsp3) is 0.526. The number of fused-ring (bicyclic) bond motifs is 1. The Morgan fingerprint density at radius 3 is 2.74 bits per heavy atom. The smallest absolute Gasteiger partial charge is 0.236 e. The summed E-state index contributed by atoms with van der Waals surface area (Å²) in [6, 6.07) is 3.78. The highest BCUT2D eigenvalue weighted by Crippen LogP contribution is 2.23. The Kier molecular flexibility index (Phi) is 5.09.